The van der Waals surface area contributed by atoms with Crippen LogP contribution in [-0.4, -0.2) is 36.4 Å². The van der Waals surface area contributed by atoms with Crippen LogP contribution in [0.1, 0.15) is 245 Å². The summed E-state index contributed by atoms with van der Waals surface area (Å²) in [6, 6.07) is 0. The molecule has 0 aromatic heterocycles. The van der Waals surface area contributed by atoms with E-state index in [0.717, 1.165) is 51.4 Å². The first-order chi connectivity index (χ1) is 26.6. The van der Waals surface area contributed by atoms with Crippen LogP contribution in [0.2, 0.25) is 0 Å². The quantitative estimate of drug-likeness (QED) is 0.0381. The summed E-state index contributed by atoms with van der Waals surface area (Å²) in [6.45, 7) is 4.13. The van der Waals surface area contributed by atoms with Gasteiger partial charge in [0.2, 0.25) is 0 Å². The zero-order valence-corrected chi connectivity index (χ0v) is 36.0. The third-order valence-electron chi connectivity index (χ3n) is 10.4. The lowest BCUT2D eigenvalue weighted by atomic mass is 10.0. The topological polar surface area (TPSA) is 72.8 Å². The SMILES string of the molecule is CCCCC/C=C\C/C=C\CCCCCCCCCC(=O)OC(CO)COC(=O)CCCCCCCCCCCCC/C=C\CCCCCCCCCC. The lowest BCUT2D eigenvalue weighted by molar-refractivity contribution is -0.161. The van der Waals surface area contributed by atoms with E-state index >= 15 is 0 Å². The molecule has 0 aromatic rings. The second kappa shape index (κ2) is 45.5. The van der Waals surface area contributed by atoms with E-state index < -0.39 is 6.10 Å². The van der Waals surface area contributed by atoms with Crippen molar-refractivity contribution in [3.8, 4) is 0 Å². The van der Waals surface area contributed by atoms with Crippen LogP contribution in [0.4, 0.5) is 0 Å². The van der Waals surface area contributed by atoms with Gasteiger partial charge in [-0.15, -0.1) is 0 Å². The van der Waals surface area contributed by atoms with Crippen molar-refractivity contribution in [2.75, 3.05) is 13.2 Å². The standard InChI is InChI=1S/C49H90O5/c1-3-5-7-9-11-13-15-17-19-21-22-23-24-25-26-28-29-31-33-35-37-39-41-43-48(51)53-46-47(45-50)54-49(52)44-42-40-38-36-34-32-30-27-20-18-16-14-12-10-8-6-4-2/h12,14,18,20-22,47,50H,3-11,13,15-17,19,23-46H2,1-2H3/b14-12-,20-18-,22-21-. The highest BCUT2D eigenvalue weighted by atomic mass is 16.6. The minimum Gasteiger partial charge on any atom is -0.462 e. The Morgan fingerprint density at radius 3 is 1.15 bits per heavy atom. The monoisotopic (exact) mass is 759 g/mol. The highest BCUT2D eigenvalue weighted by Crippen LogP contribution is 2.15. The van der Waals surface area contributed by atoms with Gasteiger partial charge in [-0.3, -0.25) is 9.59 Å². The van der Waals surface area contributed by atoms with E-state index in [2.05, 4.69) is 50.3 Å². The van der Waals surface area contributed by atoms with Crippen molar-refractivity contribution >= 4 is 11.9 Å². The number of unbranched alkanes of at least 4 members (excludes halogenated alkanes) is 29. The van der Waals surface area contributed by atoms with E-state index in [-0.39, 0.29) is 25.2 Å². The van der Waals surface area contributed by atoms with Crippen LogP contribution >= 0.6 is 0 Å². The van der Waals surface area contributed by atoms with Gasteiger partial charge < -0.3 is 14.6 Å². The van der Waals surface area contributed by atoms with Gasteiger partial charge in [-0.2, -0.15) is 0 Å². The number of allylic oxidation sites excluding steroid dienone is 6. The molecule has 0 aliphatic heterocycles. The Hall–Kier alpha value is -1.88. The molecular formula is C49H90O5. The summed E-state index contributed by atoms with van der Waals surface area (Å²) in [4.78, 5) is 24.4. The van der Waals surface area contributed by atoms with E-state index in [4.69, 9.17) is 9.47 Å². The summed E-state index contributed by atoms with van der Waals surface area (Å²) >= 11 is 0. The Morgan fingerprint density at radius 1 is 0.426 bits per heavy atom. The van der Waals surface area contributed by atoms with Crippen molar-refractivity contribution in [2.45, 2.75) is 251 Å². The first kappa shape index (κ1) is 52.1. The van der Waals surface area contributed by atoms with Gasteiger partial charge in [0.05, 0.1) is 6.61 Å². The lowest BCUT2D eigenvalue weighted by Gasteiger charge is -2.15. The summed E-state index contributed by atoms with van der Waals surface area (Å²) in [5.41, 5.74) is 0. The van der Waals surface area contributed by atoms with Gasteiger partial charge in [-0.1, -0.05) is 198 Å². The molecule has 0 spiro atoms. The minimum absolute atomic E-state index is 0.0674. The largest absolute Gasteiger partial charge is 0.462 e. The summed E-state index contributed by atoms with van der Waals surface area (Å²) in [5, 5.41) is 9.60. The maximum atomic E-state index is 12.2. The minimum atomic E-state index is -0.775. The second-order valence-electron chi connectivity index (χ2n) is 15.8. The summed E-state index contributed by atoms with van der Waals surface area (Å²) in [7, 11) is 0. The van der Waals surface area contributed by atoms with Crippen molar-refractivity contribution in [1.29, 1.82) is 0 Å². The first-order valence-electron chi connectivity index (χ1n) is 23.5. The van der Waals surface area contributed by atoms with E-state index in [1.165, 1.54) is 167 Å². The fourth-order valence-electron chi connectivity index (χ4n) is 6.82. The third-order valence-corrected chi connectivity index (χ3v) is 10.4. The highest BCUT2D eigenvalue weighted by molar-refractivity contribution is 5.70. The van der Waals surface area contributed by atoms with Gasteiger partial charge in [-0.05, 0) is 70.6 Å². The molecule has 54 heavy (non-hydrogen) atoms. The molecule has 0 rings (SSSR count). The van der Waals surface area contributed by atoms with Gasteiger partial charge in [0, 0.05) is 12.8 Å². The average molecular weight is 759 g/mol. The van der Waals surface area contributed by atoms with Crippen LogP contribution in [0.15, 0.2) is 36.5 Å². The number of aliphatic hydroxyl groups is 1. The van der Waals surface area contributed by atoms with Crippen LogP contribution in [0.3, 0.4) is 0 Å². The van der Waals surface area contributed by atoms with Crippen LogP contribution < -0.4 is 0 Å². The molecule has 1 atom stereocenters. The Balaban J connectivity index is 3.50. The molecule has 0 saturated carbocycles. The Morgan fingerprint density at radius 2 is 0.741 bits per heavy atom. The number of hydrogen-bond acceptors (Lipinski definition) is 5. The number of carbonyl (C=O) groups is 2. The second-order valence-corrected chi connectivity index (χ2v) is 15.8. The van der Waals surface area contributed by atoms with E-state index in [1.54, 1.807) is 0 Å². The normalized spacial score (nSPS) is 12.4. The van der Waals surface area contributed by atoms with Gasteiger partial charge >= 0.3 is 11.9 Å². The number of esters is 2. The van der Waals surface area contributed by atoms with Crippen LogP contribution in [0, 0.1) is 0 Å². The average Bonchev–Trinajstić information content (AvgIpc) is 3.17. The molecule has 0 saturated heterocycles. The zero-order chi connectivity index (χ0) is 39.3. The predicted molar refractivity (Wildman–Crippen MR) is 233 cm³/mol. The Bertz CT molecular complexity index is 862. The van der Waals surface area contributed by atoms with Gasteiger partial charge in [-0.25, -0.2) is 0 Å². The smallest absolute Gasteiger partial charge is 0.306 e. The molecule has 0 radical (unpaired) electrons. The molecule has 0 heterocycles. The first-order valence-corrected chi connectivity index (χ1v) is 23.5. The maximum Gasteiger partial charge on any atom is 0.306 e. The number of carbonyl (C=O) groups excluding carboxylic acids is 2. The molecular weight excluding hydrogens is 669 g/mol. The predicted octanol–water partition coefficient (Wildman–Crippen LogP) is 15.2. The molecule has 5 heteroatoms. The molecule has 0 aromatic carbocycles. The number of hydrogen-bond donors (Lipinski definition) is 1. The molecule has 0 aliphatic rings. The van der Waals surface area contributed by atoms with Crippen molar-refractivity contribution in [3.63, 3.8) is 0 Å². The maximum absolute atomic E-state index is 12.2. The van der Waals surface area contributed by atoms with Crippen LogP contribution in [0.5, 0.6) is 0 Å². The summed E-state index contributed by atoms with van der Waals surface area (Å²) < 4.78 is 10.7. The molecule has 0 amide bonds. The molecule has 1 N–H and O–H groups in total. The van der Waals surface area contributed by atoms with Crippen molar-refractivity contribution in [3.05, 3.63) is 36.5 Å². The highest BCUT2D eigenvalue weighted by Gasteiger charge is 2.16. The van der Waals surface area contributed by atoms with Crippen LogP contribution in [0.25, 0.3) is 0 Å². The molecule has 1 unspecified atom stereocenters. The van der Waals surface area contributed by atoms with Crippen LogP contribution in [-0.2, 0) is 19.1 Å². The van der Waals surface area contributed by atoms with Gasteiger partial charge in [0.25, 0.3) is 0 Å². The third kappa shape index (κ3) is 42.9. The number of rotatable bonds is 43. The van der Waals surface area contributed by atoms with Gasteiger partial charge in [0.15, 0.2) is 6.10 Å². The molecule has 0 bridgehead atoms. The Kier molecular flexibility index (Phi) is 43.9. The number of ether oxygens (including phenoxy) is 2. The fraction of sp³-hybridized carbons (Fsp3) is 0.837. The number of aliphatic hydroxyl groups excluding tert-OH is 1. The Labute approximate surface area is 336 Å². The van der Waals surface area contributed by atoms with E-state index in [9.17, 15) is 14.7 Å². The van der Waals surface area contributed by atoms with Gasteiger partial charge in [0.1, 0.15) is 6.61 Å². The summed E-state index contributed by atoms with van der Waals surface area (Å²) in [5.74, 6) is -0.593. The molecule has 5 nitrogen and oxygen atoms in total. The van der Waals surface area contributed by atoms with Crippen molar-refractivity contribution in [2.24, 2.45) is 0 Å². The zero-order valence-electron chi connectivity index (χ0n) is 36.0. The molecule has 316 valence electrons. The molecule has 0 fully saturated rings. The molecule has 0 aliphatic carbocycles. The van der Waals surface area contributed by atoms with E-state index in [1.807, 2.05) is 0 Å². The fourth-order valence-corrected chi connectivity index (χ4v) is 6.82. The van der Waals surface area contributed by atoms with Crippen molar-refractivity contribution in [1.82, 2.24) is 0 Å². The van der Waals surface area contributed by atoms with Crippen molar-refractivity contribution < 1.29 is 24.2 Å². The summed E-state index contributed by atoms with van der Waals surface area (Å²) in [6.07, 6.45) is 56.5. The lowest BCUT2D eigenvalue weighted by Crippen LogP contribution is -2.28. The van der Waals surface area contributed by atoms with E-state index in [0.29, 0.717) is 12.8 Å².